The van der Waals surface area contributed by atoms with Gasteiger partial charge in [0.2, 0.25) is 0 Å². The Balaban J connectivity index is 2.16. The smallest absolute Gasteiger partial charge is 0.269 e. The molecule has 96 valence electrons. The summed E-state index contributed by atoms with van der Waals surface area (Å²) in [6.45, 7) is 2.86. The predicted molar refractivity (Wildman–Crippen MR) is 67.4 cm³/mol. The number of likely N-dealkylation sites (tertiary alicyclic amines) is 1. The summed E-state index contributed by atoms with van der Waals surface area (Å²) < 4.78 is 0. The van der Waals surface area contributed by atoms with Gasteiger partial charge in [-0.05, 0) is 31.4 Å². The van der Waals surface area contributed by atoms with Gasteiger partial charge in [-0.25, -0.2) is 0 Å². The van der Waals surface area contributed by atoms with Gasteiger partial charge in [-0.1, -0.05) is 6.92 Å². The number of nitrogens with zero attached hydrogens (tertiary/aromatic N) is 2. The van der Waals surface area contributed by atoms with Crippen LogP contribution < -0.4 is 0 Å². The Kier molecular flexibility index (Phi) is 3.60. The number of carbonyl (C=O) groups excluding carboxylic acids is 1. The molecule has 0 aromatic heterocycles. The van der Waals surface area contributed by atoms with Crippen LogP contribution in [0.4, 0.5) is 5.69 Å². The van der Waals surface area contributed by atoms with Crippen LogP contribution in [0.5, 0.6) is 0 Å². The highest BCUT2D eigenvalue weighted by atomic mass is 16.6. The van der Waals surface area contributed by atoms with Crippen molar-refractivity contribution < 1.29 is 9.72 Å². The van der Waals surface area contributed by atoms with Crippen molar-refractivity contribution in [1.82, 2.24) is 4.90 Å². The number of non-ortho nitro benzene ring substituents is 1. The summed E-state index contributed by atoms with van der Waals surface area (Å²) in [6.07, 6.45) is 3.05. The second-order valence-corrected chi connectivity index (χ2v) is 4.51. The molecule has 0 bridgehead atoms. The molecule has 0 N–H and O–H groups in total. The lowest BCUT2D eigenvalue weighted by atomic mass is 10.1. The van der Waals surface area contributed by atoms with E-state index < -0.39 is 4.92 Å². The Bertz CT molecular complexity index is 456. The standard InChI is InChI=1S/C13H16N2O3/c1-2-11-4-3-9-14(11)13(16)10-5-7-12(8-6-10)15(17)18/h5-8,11H,2-4,9H2,1H3. The maximum atomic E-state index is 12.3. The van der Waals surface area contributed by atoms with Crippen molar-refractivity contribution in [2.45, 2.75) is 32.2 Å². The minimum Gasteiger partial charge on any atom is -0.336 e. The van der Waals surface area contributed by atoms with Gasteiger partial charge < -0.3 is 4.90 Å². The zero-order chi connectivity index (χ0) is 13.1. The Morgan fingerprint density at radius 2 is 2.11 bits per heavy atom. The van der Waals surface area contributed by atoms with Crippen LogP contribution in [0, 0.1) is 10.1 Å². The highest BCUT2D eigenvalue weighted by Crippen LogP contribution is 2.23. The molecule has 2 rings (SSSR count). The summed E-state index contributed by atoms with van der Waals surface area (Å²) in [5, 5.41) is 10.5. The SMILES string of the molecule is CCC1CCCN1C(=O)c1ccc([N+](=O)[O-])cc1. The van der Waals surface area contributed by atoms with Crippen LogP contribution in [0.25, 0.3) is 0 Å². The van der Waals surface area contributed by atoms with Crippen LogP contribution in [0.15, 0.2) is 24.3 Å². The molecule has 0 spiro atoms. The van der Waals surface area contributed by atoms with Crippen LogP contribution in [0.3, 0.4) is 0 Å². The second-order valence-electron chi connectivity index (χ2n) is 4.51. The fourth-order valence-electron chi connectivity index (χ4n) is 2.42. The molecule has 0 radical (unpaired) electrons. The number of rotatable bonds is 3. The van der Waals surface area contributed by atoms with Gasteiger partial charge in [0.05, 0.1) is 4.92 Å². The summed E-state index contributed by atoms with van der Waals surface area (Å²) in [6, 6.07) is 6.14. The second kappa shape index (κ2) is 5.16. The summed E-state index contributed by atoms with van der Waals surface area (Å²) in [7, 11) is 0. The van der Waals surface area contributed by atoms with Crippen molar-refractivity contribution in [2.24, 2.45) is 0 Å². The van der Waals surface area contributed by atoms with Gasteiger partial charge in [0.15, 0.2) is 0 Å². The molecule has 1 atom stereocenters. The average molecular weight is 248 g/mol. The number of benzene rings is 1. The molecular weight excluding hydrogens is 232 g/mol. The van der Waals surface area contributed by atoms with Crippen LogP contribution in [0.1, 0.15) is 36.5 Å². The number of hydrogen-bond acceptors (Lipinski definition) is 3. The summed E-state index contributed by atoms with van der Waals surface area (Å²) in [5.41, 5.74) is 0.543. The zero-order valence-electron chi connectivity index (χ0n) is 10.3. The van der Waals surface area contributed by atoms with E-state index in [-0.39, 0.29) is 11.6 Å². The van der Waals surface area contributed by atoms with Crippen LogP contribution >= 0.6 is 0 Å². The monoisotopic (exact) mass is 248 g/mol. The predicted octanol–water partition coefficient (Wildman–Crippen LogP) is 2.61. The molecule has 1 aromatic rings. The Morgan fingerprint density at radius 3 is 2.67 bits per heavy atom. The minimum atomic E-state index is -0.459. The molecule has 1 unspecified atom stereocenters. The number of nitro benzene ring substituents is 1. The number of carbonyl (C=O) groups is 1. The topological polar surface area (TPSA) is 63.5 Å². The zero-order valence-corrected chi connectivity index (χ0v) is 10.3. The van der Waals surface area contributed by atoms with Gasteiger partial charge in [-0.2, -0.15) is 0 Å². The molecule has 1 fully saturated rings. The Hall–Kier alpha value is -1.91. The maximum absolute atomic E-state index is 12.3. The van der Waals surface area contributed by atoms with Gasteiger partial charge in [0.25, 0.3) is 11.6 Å². The van der Waals surface area contributed by atoms with E-state index >= 15 is 0 Å². The van der Waals surface area contributed by atoms with Crippen molar-refractivity contribution in [2.75, 3.05) is 6.54 Å². The van der Waals surface area contributed by atoms with Crippen molar-refractivity contribution in [3.05, 3.63) is 39.9 Å². The van der Waals surface area contributed by atoms with Gasteiger partial charge in [0.1, 0.15) is 0 Å². The third-order valence-electron chi connectivity index (χ3n) is 3.43. The lowest BCUT2D eigenvalue weighted by Crippen LogP contribution is -2.35. The molecule has 1 aliphatic heterocycles. The van der Waals surface area contributed by atoms with Crippen LogP contribution in [0.2, 0.25) is 0 Å². The summed E-state index contributed by atoms with van der Waals surface area (Å²) >= 11 is 0. The van der Waals surface area contributed by atoms with Gasteiger partial charge >= 0.3 is 0 Å². The molecule has 5 nitrogen and oxygen atoms in total. The molecule has 1 saturated heterocycles. The van der Waals surface area contributed by atoms with Crippen molar-refractivity contribution in [3.8, 4) is 0 Å². The molecule has 1 heterocycles. The van der Waals surface area contributed by atoms with E-state index in [0.29, 0.717) is 11.6 Å². The van der Waals surface area contributed by atoms with E-state index in [1.807, 2.05) is 4.90 Å². The highest BCUT2D eigenvalue weighted by Gasteiger charge is 2.28. The van der Waals surface area contributed by atoms with Crippen molar-refractivity contribution >= 4 is 11.6 Å². The fraction of sp³-hybridized carbons (Fsp3) is 0.462. The molecule has 5 heteroatoms. The largest absolute Gasteiger partial charge is 0.336 e. The van der Waals surface area contributed by atoms with E-state index in [1.165, 1.54) is 24.3 Å². The quantitative estimate of drug-likeness (QED) is 0.610. The Labute approximate surface area is 106 Å². The molecule has 1 aliphatic rings. The van der Waals surface area contributed by atoms with E-state index in [9.17, 15) is 14.9 Å². The van der Waals surface area contributed by atoms with Gasteiger partial charge in [-0.3, -0.25) is 14.9 Å². The normalized spacial score (nSPS) is 18.9. The number of nitro groups is 1. The van der Waals surface area contributed by atoms with Crippen molar-refractivity contribution in [1.29, 1.82) is 0 Å². The average Bonchev–Trinajstić information content (AvgIpc) is 2.86. The maximum Gasteiger partial charge on any atom is 0.269 e. The van der Waals surface area contributed by atoms with E-state index in [2.05, 4.69) is 6.92 Å². The summed E-state index contributed by atoms with van der Waals surface area (Å²) in [5.74, 6) is -0.0192. The highest BCUT2D eigenvalue weighted by molar-refractivity contribution is 5.94. The van der Waals surface area contributed by atoms with Crippen LogP contribution in [-0.2, 0) is 0 Å². The van der Waals surface area contributed by atoms with E-state index in [4.69, 9.17) is 0 Å². The number of hydrogen-bond donors (Lipinski definition) is 0. The fourth-order valence-corrected chi connectivity index (χ4v) is 2.42. The first-order valence-corrected chi connectivity index (χ1v) is 6.19. The van der Waals surface area contributed by atoms with Gasteiger partial charge in [0, 0.05) is 30.3 Å². The van der Waals surface area contributed by atoms with E-state index in [0.717, 1.165) is 25.8 Å². The molecular formula is C13H16N2O3. The van der Waals surface area contributed by atoms with E-state index in [1.54, 1.807) is 0 Å². The summed E-state index contributed by atoms with van der Waals surface area (Å²) in [4.78, 5) is 24.2. The van der Waals surface area contributed by atoms with Crippen molar-refractivity contribution in [3.63, 3.8) is 0 Å². The third-order valence-corrected chi connectivity index (χ3v) is 3.43. The van der Waals surface area contributed by atoms with Crippen LogP contribution in [-0.4, -0.2) is 28.3 Å². The first kappa shape index (κ1) is 12.5. The molecule has 18 heavy (non-hydrogen) atoms. The molecule has 1 amide bonds. The molecule has 1 aromatic carbocycles. The van der Waals surface area contributed by atoms with Gasteiger partial charge in [-0.15, -0.1) is 0 Å². The lowest BCUT2D eigenvalue weighted by Gasteiger charge is -2.23. The lowest BCUT2D eigenvalue weighted by molar-refractivity contribution is -0.384. The molecule has 0 aliphatic carbocycles. The third kappa shape index (κ3) is 2.34. The Morgan fingerprint density at radius 1 is 1.44 bits per heavy atom. The molecule has 0 saturated carbocycles. The first-order valence-electron chi connectivity index (χ1n) is 6.19. The minimum absolute atomic E-state index is 0.0139. The number of amides is 1. The first-order chi connectivity index (χ1) is 8.63.